The number of halogens is 1. The van der Waals surface area contributed by atoms with Crippen LogP contribution in [-0.4, -0.2) is 5.11 Å². The quantitative estimate of drug-likeness (QED) is 0.389. The summed E-state index contributed by atoms with van der Waals surface area (Å²) in [7, 11) is 0. The maximum Gasteiger partial charge on any atom is 0.154 e. The lowest BCUT2D eigenvalue weighted by Crippen LogP contribution is -1.98. The van der Waals surface area contributed by atoms with Crippen molar-refractivity contribution in [1.82, 2.24) is 0 Å². The van der Waals surface area contributed by atoms with E-state index in [0.717, 1.165) is 27.8 Å². The van der Waals surface area contributed by atoms with Crippen LogP contribution in [0.4, 0.5) is 0 Å². The summed E-state index contributed by atoms with van der Waals surface area (Å²) in [6, 6.07) is 22.7. The van der Waals surface area contributed by atoms with E-state index in [1.165, 1.54) is 0 Å². The summed E-state index contributed by atoms with van der Waals surface area (Å²) in [6.07, 6.45) is 7.27. The fourth-order valence-electron chi connectivity index (χ4n) is 2.86. The molecule has 0 aliphatic heterocycles. The van der Waals surface area contributed by atoms with Crippen molar-refractivity contribution in [2.24, 2.45) is 0 Å². The Morgan fingerprint density at radius 3 is 2.46 bits per heavy atom. The van der Waals surface area contributed by atoms with Crippen molar-refractivity contribution in [3.63, 3.8) is 0 Å². The topological polar surface area (TPSA) is 29.5 Å². The van der Waals surface area contributed by atoms with Gasteiger partial charge >= 0.3 is 0 Å². The Morgan fingerprint density at radius 1 is 1.04 bits per heavy atom. The van der Waals surface area contributed by atoms with E-state index in [2.05, 4.69) is 12.5 Å². The number of allylic oxidation sites excluding steroid dienone is 1. The second-order valence-corrected chi connectivity index (χ2v) is 6.50. The predicted molar refractivity (Wildman–Crippen MR) is 116 cm³/mol. The zero-order chi connectivity index (χ0) is 19.9. The molecule has 0 amide bonds. The summed E-state index contributed by atoms with van der Waals surface area (Å²) in [5.41, 5.74) is 4.44. The van der Waals surface area contributed by atoms with Crippen LogP contribution < -0.4 is 0 Å². The summed E-state index contributed by atoms with van der Waals surface area (Å²) >= 11 is 6.29. The van der Waals surface area contributed by atoms with E-state index in [1.807, 2.05) is 54.6 Å². The first-order valence-corrected chi connectivity index (χ1v) is 9.09. The number of hydrogen-bond donors (Lipinski definition) is 1. The zero-order valence-corrected chi connectivity index (χ0v) is 16.0. The summed E-state index contributed by atoms with van der Waals surface area (Å²) in [5, 5.41) is 9.94. The molecule has 0 heterocycles. The molecule has 2 nitrogen and oxygen atoms in total. The number of phenolic OH excluding ortho intramolecular Hbond substituents is 1. The first kappa shape index (κ1) is 19.4. The highest BCUT2D eigenvalue weighted by atomic mass is 35.5. The van der Waals surface area contributed by atoms with E-state index in [4.69, 9.17) is 22.8 Å². The van der Waals surface area contributed by atoms with Gasteiger partial charge in [0.1, 0.15) is 17.4 Å². The van der Waals surface area contributed by atoms with Crippen molar-refractivity contribution < 1.29 is 9.84 Å². The average Bonchev–Trinajstić information content (AvgIpc) is 2.74. The third kappa shape index (κ3) is 4.46. The number of phenols is 1. The molecule has 0 aliphatic carbocycles. The van der Waals surface area contributed by atoms with E-state index in [-0.39, 0.29) is 10.8 Å². The zero-order valence-electron chi connectivity index (χ0n) is 15.2. The van der Waals surface area contributed by atoms with E-state index < -0.39 is 0 Å². The standard InChI is InChI=1S/C25H19ClO2/c1-3-19-15-21(20-11-8-12-22(27)16-20)13-14-23(19)25(24(26)4-2)28-17-18-9-6-5-7-10-18/h2-3,5-16,27H,1,17H2/b25-24-. The van der Waals surface area contributed by atoms with Gasteiger partial charge in [-0.1, -0.05) is 78.7 Å². The van der Waals surface area contributed by atoms with Gasteiger partial charge in [-0.2, -0.15) is 0 Å². The minimum Gasteiger partial charge on any atom is -0.508 e. The molecular weight excluding hydrogens is 368 g/mol. The molecule has 3 aromatic rings. The maximum absolute atomic E-state index is 9.74. The smallest absolute Gasteiger partial charge is 0.154 e. The van der Waals surface area contributed by atoms with Crippen LogP contribution >= 0.6 is 11.6 Å². The number of benzene rings is 3. The van der Waals surface area contributed by atoms with Crippen LogP contribution in [0.15, 0.2) is 84.4 Å². The highest BCUT2D eigenvalue weighted by Crippen LogP contribution is 2.32. The van der Waals surface area contributed by atoms with Crippen molar-refractivity contribution in [1.29, 1.82) is 0 Å². The molecule has 0 aliphatic rings. The lowest BCUT2D eigenvalue weighted by atomic mass is 9.97. The Bertz CT molecular complexity index is 1060. The molecule has 0 atom stereocenters. The molecule has 28 heavy (non-hydrogen) atoms. The average molecular weight is 387 g/mol. The summed E-state index contributed by atoms with van der Waals surface area (Å²) in [6.45, 7) is 4.25. The Labute approximate surface area is 170 Å². The number of rotatable bonds is 6. The van der Waals surface area contributed by atoms with Crippen LogP contribution in [-0.2, 0) is 11.3 Å². The molecule has 3 heteroatoms. The molecule has 0 saturated carbocycles. The number of hydrogen-bond acceptors (Lipinski definition) is 2. The van der Waals surface area contributed by atoms with E-state index in [0.29, 0.717) is 12.4 Å². The Balaban J connectivity index is 1.98. The van der Waals surface area contributed by atoms with Gasteiger partial charge in [0, 0.05) is 5.56 Å². The molecule has 0 fully saturated rings. The van der Waals surface area contributed by atoms with Crippen LogP contribution in [0.25, 0.3) is 23.0 Å². The van der Waals surface area contributed by atoms with Crippen molar-refractivity contribution in [3.8, 4) is 29.2 Å². The molecule has 3 rings (SSSR count). The second-order valence-electron chi connectivity index (χ2n) is 6.12. The second kappa shape index (κ2) is 8.99. The SMILES string of the molecule is C#C/C(Cl)=C(/OCc1ccccc1)c1ccc(-c2cccc(O)c2)cc1C=C. The lowest BCUT2D eigenvalue weighted by molar-refractivity contribution is 0.264. The summed E-state index contributed by atoms with van der Waals surface area (Å²) < 4.78 is 5.99. The molecule has 138 valence electrons. The molecular formula is C25H19ClO2. The van der Waals surface area contributed by atoms with Gasteiger partial charge in [0.25, 0.3) is 0 Å². The first-order valence-electron chi connectivity index (χ1n) is 8.71. The van der Waals surface area contributed by atoms with Gasteiger partial charge in [-0.05, 0) is 46.5 Å². The van der Waals surface area contributed by atoms with Gasteiger partial charge in [-0.25, -0.2) is 0 Å². The van der Waals surface area contributed by atoms with Crippen LogP contribution in [0.3, 0.4) is 0 Å². The van der Waals surface area contributed by atoms with E-state index in [9.17, 15) is 5.11 Å². The minimum atomic E-state index is 0.198. The predicted octanol–water partition coefficient (Wildman–Crippen LogP) is 6.46. The molecule has 0 unspecified atom stereocenters. The monoisotopic (exact) mass is 386 g/mol. The Morgan fingerprint density at radius 2 is 1.79 bits per heavy atom. The largest absolute Gasteiger partial charge is 0.508 e. The number of ether oxygens (including phenoxy) is 1. The van der Waals surface area contributed by atoms with Crippen molar-refractivity contribution in [2.75, 3.05) is 0 Å². The third-order valence-electron chi connectivity index (χ3n) is 4.25. The van der Waals surface area contributed by atoms with Crippen LogP contribution in [0, 0.1) is 12.3 Å². The fourth-order valence-corrected chi connectivity index (χ4v) is 3.01. The van der Waals surface area contributed by atoms with E-state index >= 15 is 0 Å². The van der Waals surface area contributed by atoms with Crippen molar-refractivity contribution in [2.45, 2.75) is 6.61 Å². The highest BCUT2D eigenvalue weighted by Gasteiger charge is 2.14. The van der Waals surface area contributed by atoms with Crippen molar-refractivity contribution >= 4 is 23.4 Å². The Hall–Kier alpha value is -3.41. The highest BCUT2D eigenvalue weighted by molar-refractivity contribution is 6.35. The first-order chi connectivity index (χ1) is 13.6. The van der Waals surface area contributed by atoms with Crippen LogP contribution in [0.5, 0.6) is 5.75 Å². The summed E-state index contributed by atoms with van der Waals surface area (Å²) in [5.74, 6) is 3.11. The molecule has 3 aromatic carbocycles. The molecule has 0 bridgehead atoms. The molecule has 0 spiro atoms. The maximum atomic E-state index is 9.74. The van der Waals surface area contributed by atoms with Crippen LogP contribution in [0.1, 0.15) is 16.7 Å². The third-order valence-corrected chi connectivity index (χ3v) is 4.53. The molecule has 0 saturated heterocycles. The normalized spacial score (nSPS) is 11.3. The van der Waals surface area contributed by atoms with E-state index in [1.54, 1.807) is 24.3 Å². The van der Waals surface area contributed by atoms with Crippen molar-refractivity contribution in [3.05, 3.63) is 101 Å². The number of aromatic hydroxyl groups is 1. The Kier molecular flexibility index (Phi) is 6.22. The molecule has 1 N–H and O–H groups in total. The fraction of sp³-hybridized carbons (Fsp3) is 0.0400. The van der Waals surface area contributed by atoms with Crippen LogP contribution in [0.2, 0.25) is 0 Å². The van der Waals surface area contributed by atoms with Gasteiger partial charge in [0.05, 0.1) is 0 Å². The molecule has 0 radical (unpaired) electrons. The van der Waals surface area contributed by atoms with Gasteiger partial charge < -0.3 is 9.84 Å². The summed E-state index contributed by atoms with van der Waals surface area (Å²) in [4.78, 5) is 0. The van der Waals surface area contributed by atoms with Gasteiger partial charge in [-0.15, -0.1) is 6.42 Å². The molecule has 0 aromatic heterocycles. The minimum absolute atomic E-state index is 0.198. The number of terminal acetylenes is 1. The lowest BCUT2D eigenvalue weighted by Gasteiger charge is -2.15. The van der Waals surface area contributed by atoms with Gasteiger partial charge in [-0.3, -0.25) is 0 Å². The van der Waals surface area contributed by atoms with Gasteiger partial charge in [0.15, 0.2) is 5.76 Å². The van der Waals surface area contributed by atoms with Gasteiger partial charge in [0.2, 0.25) is 0 Å².